The Bertz CT molecular complexity index is 1030. The zero-order valence-corrected chi connectivity index (χ0v) is 18.0. The Hall–Kier alpha value is -2.71. The number of thiophene rings is 1. The van der Waals surface area contributed by atoms with E-state index in [1.165, 1.54) is 30.6 Å². The number of halogens is 2. The second-order valence-electron chi connectivity index (χ2n) is 6.03. The first-order valence-corrected chi connectivity index (χ1v) is 10.2. The maximum atomic E-state index is 13.3. The highest BCUT2D eigenvalue weighted by atomic mass is 79.9. The summed E-state index contributed by atoms with van der Waals surface area (Å²) in [7, 11) is 1.27. The van der Waals surface area contributed by atoms with Crippen LogP contribution >= 0.6 is 27.3 Å². The van der Waals surface area contributed by atoms with Crippen LogP contribution in [-0.4, -0.2) is 25.6 Å². The second-order valence-corrected chi connectivity index (χ2v) is 8.17. The van der Waals surface area contributed by atoms with Crippen molar-refractivity contribution in [2.24, 2.45) is 0 Å². The number of nitrogens with one attached hydrogen (secondary N) is 1. The van der Waals surface area contributed by atoms with Crippen molar-refractivity contribution in [3.63, 3.8) is 0 Å². The van der Waals surface area contributed by atoms with Gasteiger partial charge < -0.3 is 14.8 Å². The molecule has 0 aliphatic rings. The molecule has 0 radical (unpaired) electrons. The quantitative estimate of drug-likeness (QED) is 0.480. The minimum absolute atomic E-state index is 0.217. The van der Waals surface area contributed by atoms with Crippen LogP contribution < -0.4 is 10.1 Å². The van der Waals surface area contributed by atoms with Crippen molar-refractivity contribution in [2.75, 3.05) is 19.0 Å². The molecule has 0 spiro atoms. The highest BCUT2D eigenvalue weighted by Crippen LogP contribution is 2.40. The van der Waals surface area contributed by atoms with Gasteiger partial charge >= 0.3 is 5.97 Å². The molecule has 0 unspecified atom stereocenters. The van der Waals surface area contributed by atoms with Crippen molar-refractivity contribution in [1.82, 2.24) is 0 Å². The molecule has 1 aromatic heterocycles. The van der Waals surface area contributed by atoms with E-state index in [4.69, 9.17) is 9.47 Å². The van der Waals surface area contributed by atoms with Crippen molar-refractivity contribution in [3.05, 3.63) is 69.3 Å². The van der Waals surface area contributed by atoms with E-state index in [0.717, 1.165) is 9.35 Å². The first-order valence-electron chi connectivity index (χ1n) is 8.55. The molecule has 1 amide bonds. The number of aryl methyl sites for hydroxylation is 1. The Balaban J connectivity index is 1.83. The highest BCUT2D eigenvalue weighted by molar-refractivity contribution is 9.10. The van der Waals surface area contributed by atoms with E-state index in [2.05, 4.69) is 21.2 Å². The Morgan fingerprint density at radius 2 is 1.76 bits per heavy atom. The molecule has 0 fully saturated rings. The largest absolute Gasteiger partial charge is 0.484 e. The SMILES string of the molecule is COC(=O)c1c(NC(=O)COc2ccc(Br)cc2)sc(C)c1-c1ccc(F)cc1. The molecular formula is C21H17BrFNO4S. The van der Waals surface area contributed by atoms with Crippen molar-refractivity contribution in [3.8, 4) is 16.9 Å². The predicted molar refractivity (Wildman–Crippen MR) is 114 cm³/mol. The molecule has 150 valence electrons. The molecule has 3 aromatic rings. The number of ether oxygens (including phenoxy) is 2. The fourth-order valence-corrected chi connectivity index (χ4v) is 4.08. The minimum atomic E-state index is -0.585. The molecule has 0 saturated heterocycles. The lowest BCUT2D eigenvalue weighted by molar-refractivity contribution is -0.118. The van der Waals surface area contributed by atoms with Gasteiger partial charge in [-0.05, 0) is 48.9 Å². The van der Waals surface area contributed by atoms with Crippen LogP contribution in [0.1, 0.15) is 15.2 Å². The maximum Gasteiger partial charge on any atom is 0.341 e. The fourth-order valence-electron chi connectivity index (χ4n) is 2.74. The number of hydrogen-bond donors (Lipinski definition) is 1. The Kier molecular flexibility index (Phi) is 6.66. The number of amides is 1. The third kappa shape index (κ3) is 5.02. The van der Waals surface area contributed by atoms with Crippen molar-refractivity contribution >= 4 is 44.1 Å². The summed E-state index contributed by atoms with van der Waals surface area (Å²) in [5.41, 5.74) is 1.50. The molecule has 8 heteroatoms. The number of rotatable bonds is 6. The summed E-state index contributed by atoms with van der Waals surface area (Å²) in [6, 6.07) is 12.9. The number of benzene rings is 2. The first-order chi connectivity index (χ1) is 13.9. The van der Waals surface area contributed by atoms with E-state index in [1.807, 2.05) is 6.92 Å². The van der Waals surface area contributed by atoms with Gasteiger partial charge in [-0.2, -0.15) is 0 Å². The summed E-state index contributed by atoms with van der Waals surface area (Å²) in [6.45, 7) is 1.61. The summed E-state index contributed by atoms with van der Waals surface area (Å²) in [5.74, 6) is -0.825. The van der Waals surface area contributed by atoms with Crippen molar-refractivity contribution in [1.29, 1.82) is 0 Å². The van der Waals surface area contributed by atoms with Crippen LogP contribution in [0.25, 0.3) is 11.1 Å². The van der Waals surface area contributed by atoms with Crippen LogP contribution in [0.4, 0.5) is 9.39 Å². The van der Waals surface area contributed by atoms with Gasteiger partial charge in [-0.3, -0.25) is 4.79 Å². The zero-order chi connectivity index (χ0) is 21.0. The van der Waals surface area contributed by atoms with Gasteiger partial charge in [0.2, 0.25) is 0 Å². The lowest BCUT2D eigenvalue weighted by Crippen LogP contribution is -2.21. The van der Waals surface area contributed by atoms with Crippen molar-refractivity contribution in [2.45, 2.75) is 6.92 Å². The minimum Gasteiger partial charge on any atom is -0.484 e. The van der Waals surface area contributed by atoms with E-state index < -0.39 is 11.9 Å². The van der Waals surface area contributed by atoms with Gasteiger partial charge in [-0.25, -0.2) is 9.18 Å². The van der Waals surface area contributed by atoms with E-state index >= 15 is 0 Å². The summed E-state index contributed by atoms with van der Waals surface area (Å²) < 4.78 is 24.6. The Morgan fingerprint density at radius 1 is 1.10 bits per heavy atom. The molecule has 3 rings (SSSR count). The number of esters is 1. The zero-order valence-electron chi connectivity index (χ0n) is 15.6. The van der Waals surface area contributed by atoms with Gasteiger partial charge in [-0.1, -0.05) is 28.1 Å². The smallest absolute Gasteiger partial charge is 0.341 e. The standard InChI is InChI=1S/C21H17BrFNO4S/c1-12-18(13-3-7-15(23)8-4-13)19(21(26)27-2)20(29-12)24-17(25)11-28-16-9-5-14(22)6-10-16/h3-10H,11H2,1-2H3,(H,24,25). The first kappa shape index (κ1) is 21.0. The number of methoxy groups -OCH3 is 1. The van der Waals surface area contributed by atoms with E-state index in [9.17, 15) is 14.0 Å². The van der Waals surface area contributed by atoms with E-state index in [1.54, 1.807) is 36.4 Å². The third-order valence-corrected chi connectivity index (χ3v) is 5.59. The summed E-state index contributed by atoms with van der Waals surface area (Å²) in [4.78, 5) is 25.6. The van der Waals surface area contributed by atoms with E-state index in [-0.39, 0.29) is 18.0 Å². The molecule has 0 aliphatic heterocycles. The number of anilines is 1. The van der Waals surface area contributed by atoms with Crippen LogP contribution in [0, 0.1) is 12.7 Å². The van der Waals surface area contributed by atoms with Gasteiger partial charge in [0.15, 0.2) is 6.61 Å². The fraction of sp³-hybridized carbons (Fsp3) is 0.143. The Labute approximate surface area is 179 Å². The summed E-state index contributed by atoms with van der Waals surface area (Å²) in [6.07, 6.45) is 0. The predicted octanol–water partition coefficient (Wildman–Crippen LogP) is 5.43. The van der Waals surface area contributed by atoms with Crippen molar-refractivity contribution < 1.29 is 23.5 Å². The molecule has 29 heavy (non-hydrogen) atoms. The highest BCUT2D eigenvalue weighted by Gasteiger charge is 2.25. The lowest BCUT2D eigenvalue weighted by Gasteiger charge is -2.09. The van der Waals surface area contributed by atoms with Crippen LogP contribution in [0.2, 0.25) is 0 Å². The van der Waals surface area contributed by atoms with Gasteiger partial charge in [0.05, 0.1) is 7.11 Å². The van der Waals surface area contributed by atoms with Gasteiger partial charge in [0.1, 0.15) is 22.1 Å². The van der Waals surface area contributed by atoms with E-state index in [0.29, 0.717) is 21.9 Å². The lowest BCUT2D eigenvalue weighted by atomic mass is 10.0. The number of carbonyl (C=O) groups excluding carboxylic acids is 2. The third-order valence-electron chi connectivity index (χ3n) is 4.04. The topological polar surface area (TPSA) is 64.6 Å². The number of hydrogen-bond acceptors (Lipinski definition) is 5. The van der Waals surface area contributed by atoms with Crippen LogP contribution in [0.3, 0.4) is 0 Å². The normalized spacial score (nSPS) is 10.5. The Morgan fingerprint density at radius 3 is 2.38 bits per heavy atom. The van der Waals surface area contributed by atoms with Gasteiger partial charge in [-0.15, -0.1) is 11.3 Å². The monoisotopic (exact) mass is 477 g/mol. The van der Waals surface area contributed by atoms with Crippen LogP contribution in [0.15, 0.2) is 53.0 Å². The molecule has 0 atom stereocenters. The molecular weight excluding hydrogens is 461 g/mol. The van der Waals surface area contributed by atoms with Gasteiger partial charge in [0, 0.05) is 14.9 Å². The summed E-state index contributed by atoms with van der Waals surface area (Å²) >= 11 is 4.58. The molecule has 5 nitrogen and oxygen atoms in total. The average molecular weight is 478 g/mol. The van der Waals surface area contributed by atoms with Gasteiger partial charge in [0.25, 0.3) is 5.91 Å². The average Bonchev–Trinajstić information content (AvgIpc) is 3.03. The molecule has 0 aliphatic carbocycles. The molecule has 0 bridgehead atoms. The molecule has 1 N–H and O–H groups in total. The number of carbonyl (C=O) groups is 2. The van der Waals surface area contributed by atoms with Crippen LogP contribution in [0.5, 0.6) is 5.75 Å². The van der Waals surface area contributed by atoms with Crippen LogP contribution in [-0.2, 0) is 9.53 Å². The molecule has 1 heterocycles. The summed E-state index contributed by atoms with van der Waals surface area (Å²) in [5, 5.41) is 3.08. The maximum absolute atomic E-state index is 13.3. The molecule has 2 aromatic carbocycles. The second kappa shape index (κ2) is 9.19. The molecule has 0 saturated carbocycles.